The molecule has 0 heterocycles. The van der Waals surface area contributed by atoms with E-state index < -0.39 is 8.07 Å². The molecule has 115 valence electrons. The van der Waals surface area contributed by atoms with Crippen LogP contribution in [0.4, 0.5) is 0 Å². The van der Waals surface area contributed by atoms with Gasteiger partial charge in [-0.25, -0.2) is 0 Å². The number of hydrogen-bond donors (Lipinski definition) is 0. The maximum Gasteiger partial charge on any atom is 0.179 e. The van der Waals surface area contributed by atoms with Crippen molar-refractivity contribution in [3.05, 3.63) is 114 Å². The smallest absolute Gasteiger partial charge is 0.0802 e. The number of rotatable bonds is 4. The van der Waals surface area contributed by atoms with Crippen LogP contribution >= 0.6 is 0 Å². The molecule has 4 rings (SSSR count). The molecule has 0 saturated carbocycles. The normalized spacial score (nSPS) is 13.8. The zero-order chi connectivity index (χ0) is 16.2. The Morgan fingerprint density at radius 2 is 1.00 bits per heavy atom. The molecule has 0 nitrogen and oxygen atoms in total. The molecule has 0 amide bonds. The van der Waals surface area contributed by atoms with Crippen LogP contribution in [0.3, 0.4) is 0 Å². The molecule has 1 radical (unpaired) electrons. The van der Waals surface area contributed by atoms with Crippen molar-refractivity contribution in [3.63, 3.8) is 0 Å². The maximum atomic E-state index is 3.66. The van der Waals surface area contributed by atoms with Gasteiger partial charge < -0.3 is 0 Å². The summed E-state index contributed by atoms with van der Waals surface area (Å²) in [4.78, 5) is 0. The van der Waals surface area contributed by atoms with E-state index in [-0.39, 0.29) is 0 Å². The van der Waals surface area contributed by atoms with Gasteiger partial charge in [0, 0.05) is 0 Å². The zero-order valence-electron chi connectivity index (χ0n) is 13.5. The molecule has 24 heavy (non-hydrogen) atoms. The van der Waals surface area contributed by atoms with Crippen molar-refractivity contribution in [2.45, 2.75) is 6.42 Å². The molecule has 0 saturated heterocycles. The van der Waals surface area contributed by atoms with Gasteiger partial charge in [-0.15, -0.1) is 0 Å². The molecule has 0 aromatic heterocycles. The monoisotopic (exact) mass is 323 g/mol. The molecule has 0 N–H and O–H groups in total. The summed E-state index contributed by atoms with van der Waals surface area (Å²) in [5.74, 6) is 0. The summed E-state index contributed by atoms with van der Waals surface area (Å²) < 4.78 is 0. The van der Waals surface area contributed by atoms with E-state index in [2.05, 4.69) is 109 Å². The second kappa shape index (κ2) is 6.46. The van der Waals surface area contributed by atoms with E-state index in [1.165, 1.54) is 20.8 Å². The molecule has 0 aliphatic heterocycles. The van der Waals surface area contributed by atoms with Crippen LogP contribution in [0.1, 0.15) is 6.42 Å². The summed E-state index contributed by atoms with van der Waals surface area (Å²) in [7, 11) is -2.27. The van der Waals surface area contributed by atoms with Crippen LogP contribution in [0.25, 0.3) is 0 Å². The van der Waals surface area contributed by atoms with Gasteiger partial charge in [0.1, 0.15) is 0 Å². The minimum absolute atomic E-state index is 0.913. The highest BCUT2D eigenvalue weighted by molar-refractivity contribution is 7.16. The highest BCUT2D eigenvalue weighted by Gasteiger charge is 2.42. The Kier molecular flexibility index (Phi) is 4.02. The van der Waals surface area contributed by atoms with E-state index in [1.54, 1.807) is 0 Å². The number of benzene rings is 3. The Morgan fingerprint density at radius 3 is 1.33 bits per heavy atom. The average Bonchev–Trinajstić information content (AvgIpc) is 3.20. The van der Waals surface area contributed by atoms with E-state index >= 15 is 0 Å². The minimum atomic E-state index is -2.27. The summed E-state index contributed by atoms with van der Waals surface area (Å²) >= 11 is 0. The predicted octanol–water partition coefficient (Wildman–Crippen LogP) is 3.39. The Morgan fingerprint density at radius 1 is 0.583 bits per heavy atom. The standard InChI is InChI=1S/C23H19Si/c1-4-12-20(13-5-1)24(23-18-10-11-19-23,21-14-6-2-7-15-21)22-16-8-3-9-17-22/h1-10,12-18H,11H2. The fraction of sp³-hybridized carbons (Fsp3) is 0.0435. The van der Waals surface area contributed by atoms with Crippen molar-refractivity contribution in [3.8, 4) is 0 Å². The van der Waals surface area contributed by atoms with Gasteiger partial charge in [-0.1, -0.05) is 103 Å². The second-order valence-electron chi connectivity index (χ2n) is 6.05. The molecule has 0 fully saturated rings. The van der Waals surface area contributed by atoms with E-state index in [0.717, 1.165) is 6.42 Å². The van der Waals surface area contributed by atoms with E-state index in [4.69, 9.17) is 0 Å². The summed E-state index contributed by atoms with van der Waals surface area (Å²) in [5.41, 5.74) is 0. The Labute approximate surface area is 144 Å². The van der Waals surface area contributed by atoms with Gasteiger partial charge in [0.2, 0.25) is 0 Å². The third kappa shape index (κ3) is 2.38. The van der Waals surface area contributed by atoms with Crippen molar-refractivity contribution in [2.75, 3.05) is 0 Å². The third-order valence-corrected chi connectivity index (χ3v) is 9.47. The lowest BCUT2D eigenvalue weighted by Gasteiger charge is -2.34. The zero-order valence-corrected chi connectivity index (χ0v) is 14.5. The SMILES string of the molecule is [C]1=C([Si](c2ccccc2)(c2ccccc2)c2ccccc2)C=CC1. The minimum Gasteiger partial charge on any atom is -0.0802 e. The second-order valence-corrected chi connectivity index (χ2v) is 9.82. The van der Waals surface area contributed by atoms with Gasteiger partial charge in [0.05, 0.1) is 0 Å². The molecule has 3 aromatic rings. The third-order valence-electron chi connectivity index (χ3n) is 4.72. The van der Waals surface area contributed by atoms with Crippen LogP contribution in [0.15, 0.2) is 108 Å². The van der Waals surface area contributed by atoms with Gasteiger partial charge >= 0.3 is 0 Å². The van der Waals surface area contributed by atoms with Crippen LogP contribution in [-0.2, 0) is 0 Å². The van der Waals surface area contributed by atoms with E-state index in [1.807, 2.05) is 0 Å². The highest BCUT2D eigenvalue weighted by Crippen LogP contribution is 2.22. The first-order chi connectivity index (χ1) is 11.9. The summed E-state index contributed by atoms with van der Waals surface area (Å²) in [6, 6.07) is 32.9. The fourth-order valence-corrected chi connectivity index (χ4v) is 8.44. The topological polar surface area (TPSA) is 0 Å². The van der Waals surface area contributed by atoms with Crippen LogP contribution in [0, 0.1) is 6.08 Å². The van der Waals surface area contributed by atoms with Crippen molar-refractivity contribution < 1.29 is 0 Å². The van der Waals surface area contributed by atoms with E-state index in [9.17, 15) is 0 Å². The number of hydrogen-bond acceptors (Lipinski definition) is 0. The lowest BCUT2D eigenvalue weighted by atomic mass is 10.3. The molecular weight excluding hydrogens is 304 g/mol. The first-order valence-corrected chi connectivity index (χ1v) is 10.4. The average molecular weight is 323 g/mol. The maximum absolute atomic E-state index is 3.66. The predicted molar refractivity (Wildman–Crippen MR) is 104 cm³/mol. The summed E-state index contributed by atoms with van der Waals surface area (Å²) in [6.07, 6.45) is 9.09. The molecule has 0 spiro atoms. The van der Waals surface area contributed by atoms with Gasteiger partial charge in [-0.05, 0) is 33.3 Å². The highest BCUT2D eigenvalue weighted by atomic mass is 28.3. The van der Waals surface area contributed by atoms with Crippen molar-refractivity contribution in [2.24, 2.45) is 0 Å². The van der Waals surface area contributed by atoms with Crippen LogP contribution in [0.2, 0.25) is 0 Å². The molecule has 1 aliphatic rings. The Bertz CT molecular complexity index is 765. The number of allylic oxidation sites excluding steroid dienone is 4. The fourth-order valence-electron chi connectivity index (χ4n) is 3.69. The summed E-state index contributed by atoms with van der Waals surface area (Å²) in [6.45, 7) is 0. The molecule has 0 bridgehead atoms. The quantitative estimate of drug-likeness (QED) is 0.510. The molecular formula is C23H19Si. The van der Waals surface area contributed by atoms with Crippen LogP contribution < -0.4 is 15.6 Å². The van der Waals surface area contributed by atoms with Gasteiger partial charge in [0.15, 0.2) is 8.07 Å². The molecule has 0 atom stereocenters. The van der Waals surface area contributed by atoms with Crippen LogP contribution in [-0.4, -0.2) is 8.07 Å². The largest absolute Gasteiger partial charge is 0.179 e. The molecule has 1 heteroatoms. The molecule has 0 unspecified atom stereocenters. The van der Waals surface area contributed by atoms with Gasteiger partial charge in [-0.2, -0.15) is 0 Å². The Hall–Kier alpha value is -2.64. The van der Waals surface area contributed by atoms with Gasteiger partial charge in [0.25, 0.3) is 0 Å². The van der Waals surface area contributed by atoms with Crippen LogP contribution in [0.5, 0.6) is 0 Å². The lowest BCUT2D eigenvalue weighted by molar-refractivity contribution is 1.39. The lowest BCUT2D eigenvalue weighted by Crippen LogP contribution is -2.68. The van der Waals surface area contributed by atoms with Gasteiger partial charge in [-0.3, -0.25) is 0 Å². The molecule has 1 aliphatic carbocycles. The van der Waals surface area contributed by atoms with Crippen molar-refractivity contribution >= 4 is 23.6 Å². The first-order valence-electron chi connectivity index (χ1n) is 8.37. The van der Waals surface area contributed by atoms with Crippen molar-refractivity contribution in [1.82, 2.24) is 0 Å². The van der Waals surface area contributed by atoms with Crippen molar-refractivity contribution in [1.29, 1.82) is 0 Å². The van der Waals surface area contributed by atoms with E-state index in [0.29, 0.717) is 0 Å². The Balaban J connectivity index is 2.09. The summed E-state index contributed by atoms with van der Waals surface area (Å²) in [5, 5.41) is 5.61. The first kappa shape index (κ1) is 14.9. The molecule has 3 aromatic carbocycles.